The lowest BCUT2D eigenvalue weighted by molar-refractivity contribution is -0.120. The highest BCUT2D eigenvalue weighted by atomic mass is 32.2. The molecule has 136 valence electrons. The molecule has 2 aromatic rings. The first-order valence-corrected chi connectivity index (χ1v) is 10.1. The number of hydrogen-bond donors (Lipinski definition) is 2. The molecule has 1 aromatic heterocycles. The van der Waals surface area contributed by atoms with Crippen LogP contribution in [-0.2, 0) is 4.79 Å². The van der Waals surface area contributed by atoms with E-state index in [0.29, 0.717) is 28.0 Å². The molecule has 1 aromatic carbocycles. The van der Waals surface area contributed by atoms with Gasteiger partial charge in [0.05, 0.1) is 17.5 Å². The molecule has 2 N–H and O–H groups in total. The number of nitrogens with one attached hydrogen (secondary N) is 2. The van der Waals surface area contributed by atoms with Crippen LogP contribution < -0.4 is 10.6 Å². The summed E-state index contributed by atoms with van der Waals surface area (Å²) >= 11 is 2.50. The molecule has 0 bridgehead atoms. The fraction of sp³-hybridized carbons (Fsp3) is 0.412. The van der Waals surface area contributed by atoms with Crippen LogP contribution in [0.25, 0.3) is 0 Å². The van der Waals surface area contributed by atoms with Gasteiger partial charge in [0.2, 0.25) is 11.0 Å². The van der Waals surface area contributed by atoms with Crippen molar-refractivity contribution in [1.82, 2.24) is 15.5 Å². The Kier molecular flexibility index (Phi) is 6.06. The number of carbonyl (C=O) groups excluding carboxylic acids is 1. The summed E-state index contributed by atoms with van der Waals surface area (Å²) in [5, 5.41) is 23.6. The van der Waals surface area contributed by atoms with Crippen molar-refractivity contribution in [1.29, 1.82) is 5.26 Å². The van der Waals surface area contributed by atoms with Crippen LogP contribution in [0.1, 0.15) is 32.1 Å². The van der Waals surface area contributed by atoms with E-state index in [2.05, 4.69) is 26.9 Å². The van der Waals surface area contributed by atoms with Crippen LogP contribution in [0.4, 0.5) is 15.2 Å². The van der Waals surface area contributed by atoms with Crippen molar-refractivity contribution in [2.45, 2.75) is 42.0 Å². The topological polar surface area (TPSA) is 90.7 Å². The molecule has 0 unspecified atom stereocenters. The van der Waals surface area contributed by atoms with E-state index >= 15 is 0 Å². The van der Waals surface area contributed by atoms with Crippen LogP contribution in [0.2, 0.25) is 0 Å². The predicted octanol–water partition coefficient (Wildman–Crippen LogP) is 3.86. The first-order valence-electron chi connectivity index (χ1n) is 8.30. The monoisotopic (exact) mass is 391 g/mol. The largest absolute Gasteiger partial charge is 0.337 e. The number of aromatic nitrogens is 2. The summed E-state index contributed by atoms with van der Waals surface area (Å²) in [5.41, 5.74) is -0.402. The maximum absolute atomic E-state index is 13.6. The number of benzene rings is 1. The minimum absolute atomic E-state index is 0.164. The highest BCUT2D eigenvalue weighted by Crippen LogP contribution is 2.30. The Hall–Kier alpha value is -2.18. The number of para-hydroxylation sites is 1. The van der Waals surface area contributed by atoms with Crippen LogP contribution in [0.3, 0.4) is 0 Å². The van der Waals surface area contributed by atoms with Gasteiger partial charge in [0.1, 0.15) is 11.4 Å². The highest BCUT2D eigenvalue weighted by Gasteiger charge is 2.33. The van der Waals surface area contributed by atoms with Gasteiger partial charge in [-0.2, -0.15) is 5.26 Å². The smallest absolute Gasteiger partial charge is 0.231 e. The van der Waals surface area contributed by atoms with Gasteiger partial charge in [-0.3, -0.25) is 4.79 Å². The van der Waals surface area contributed by atoms with Gasteiger partial charge in [-0.05, 0) is 25.0 Å². The number of hydrogen-bond acceptors (Lipinski definition) is 7. The zero-order valence-electron chi connectivity index (χ0n) is 14.0. The summed E-state index contributed by atoms with van der Waals surface area (Å²) < 4.78 is 14.2. The van der Waals surface area contributed by atoms with Crippen molar-refractivity contribution in [3.8, 4) is 6.07 Å². The van der Waals surface area contributed by atoms with E-state index in [1.807, 2.05) is 0 Å². The van der Waals surface area contributed by atoms with Crippen molar-refractivity contribution < 1.29 is 9.18 Å². The Balaban J connectivity index is 1.52. The fourth-order valence-electron chi connectivity index (χ4n) is 2.85. The molecule has 0 atom stereocenters. The second-order valence-corrected chi connectivity index (χ2v) is 8.27. The Morgan fingerprint density at radius 2 is 2.08 bits per heavy atom. The van der Waals surface area contributed by atoms with Gasteiger partial charge in [0.15, 0.2) is 4.34 Å². The van der Waals surface area contributed by atoms with Crippen LogP contribution in [0.5, 0.6) is 0 Å². The number of rotatable bonds is 6. The fourth-order valence-corrected chi connectivity index (χ4v) is 4.41. The standard InChI is InChI=1S/C17H18FN5OS2/c18-12-6-2-3-7-13(12)20-15-22-23-16(26-15)25-10-14(24)21-17(11-19)8-4-1-5-9-17/h2-3,6-7H,1,4-5,8-10H2,(H,20,22)(H,21,24). The maximum Gasteiger partial charge on any atom is 0.231 e. The van der Waals surface area contributed by atoms with Gasteiger partial charge >= 0.3 is 0 Å². The van der Waals surface area contributed by atoms with Crippen molar-refractivity contribution in [3.05, 3.63) is 30.1 Å². The van der Waals surface area contributed by atoms with Crippen molar-refractivity contribution in [2.24, 2.45) is 0 Å². The Morgan fingerprint density at radius 1 is 1.31 bits per heavy atom. The summed E-state index contributed by atoms with van der Waals surface area (Å²) in [5.74, 6) is -0.388. The average molecular weight is 391 g/mol. The maximum atomic E-state index is 13.6. The molecule has 1 fully saturated rings. The molecule has 0 spiro atoms. The van der Waals surface area contributed by atoms with Gasteiger partial charge < -0.3 is 10.6 Å². The Morgan fingerprint density at radius 3 is 2.81 bits per heavy atom. The van der Waals surface area contributed by atoms with Crippen LogP contribution in [0, 0.1) is 17.1 Å². The second-order valence-electron chi connectivity index (χ2n) is 6.07. The van der Waals surface area contributed by atoms with E-state index in [0.717, 1.165) is 19.3 Å². The van der Waals surface area contributed by atoms with Crippen molar-refractivity contribution >= 4 is 39.8 Å². The number of thioether (sulfide) groups is 1. The lowest BCUT2D eigenvalue weighted by Gasteiger charge is -2.31. The number of halogens is 1. The normalized spacial score (nSPS) is 15.8. The SMILES string of the molecule is N#CC1(NC(=O)CSc2nnc(Nc3ccccc3F)s2)CCCCC1. The van der Waals surface area contributed by atoms with E-state index in [-0.39, 0.29) is 17.5 Å². The van der Waals surface area contributed by atoms with Crippen LogP contribution in [0.15, 0.2) is 28.6 Å². The predicted molar refractivity (Wildman–Crippen MR) is 99.9 cm³/mol. The first-order chi connectivity index (χ1) is 12.6. The molecule has 9 heteroatoms. The highest BCUT2D eigenvalue weighted by molar-refractivity contribution is 8.01. The molecule has 1 heterocycles. The second kappa shape index (κ2) is 8.47. The lowest BCUT2D eigenvalue weighted by atomic mass is 9.83. The Bertz CT molecular complexity index is 813. The van der Waals surface area contributed by atoms with Gasteiger partial charge in [-0.1, -0.05) is 54.5 Å². The zero-order valence-corrected chi connectivity index (χ0v) is 15.6. The van der Waals surface area contributed by atoms with Gasteiger partial charge in [0, 0.05) is 0 Å². The van der Waals surface area contributed by atoms with E-state index in [9.17, 15) is 14.4 Å². The van der Waals surface area contributed by atoms with Crippen molar-refractivity contribution in [3.63, 3.8) is 0 Å². The van der Waals surface area contributed by atoms with E-state index in [1.54, 1.807) is 18.2 Å². The number of nitrogens with zero attached hydrogens (tertiary/aromatic N) is 3. The third kappa shape index (κ3) is 4.71. The zero-order chi connectivity index (χ0) is 18.4. The van der Waals surface area contributed by atoms with E-state index in [4.69, 9.17) is 0 Å². The molecular formula is C17H18FN5OS2. The average Bonchev–Trinajstić information content (AvgIpc) is 3.10. The van der Waals surface area contributed by atoms with Gasteiger partial charge in [-0.25, -0.2) is 4.39 Å². The number of nitriles is 1. The third-order valence-electron chi connectivity index (χ3n) is 4.15. The van der Waals surface area contributed by atoms with Gasteiger partial charge in [-0.15, -0.1) is 10.2 Å². The quantitative estimate of drug-likeness (QED) is 0.727. The molecule has 3 rings (SSSR count). The molecule has 1 aliphatic carbocycles. The number of amides is 1. The van der Waals surface area contributed by atoms with Crippen LogP contribution in [-0.4, -0.2) is 27.4 Å². The van der Waals surface area contributed by atoms with Crippen molar-refractivity contribution in [2.75, 3.05) is 11.1 Å². The first kappa shape index (κ1) is 18.6. The number of carbonyl (C=O) groups is 1. The van der Waals surface area contributed by atoms with Gasteiger partial charge in [0.25, 0.3) is 0 Å². The molecule has 6 nitrogen and oxygen atoms in total. The van der Waals surface area contributed by atoms with Crippen LogP contribution >= 0.6 is 23.1 Å². The summed E-state index contributed by atoms with van der Waals surface area (Å²) in [6, 6.07) is 8.58. The summed E-state index contributed by atoms with van der Waals surface area (Å²) in [7, 11) is 0. The Labute approximate surface area is 159 Å². The van der Waals surface area contributed by atoms with E-state index in [1.165, 1.54) is 29.2 Å². The molecule has 26 heavy (non-hydrogen) atoms. The molecule has 0 saturated heterocycles. The minimum Gasteiger partial charge on any atom is -0.337 e. The molecular weight excluding hydrogens is 373 g/mol. The number of anilines is 2. The molecule has 1 saturated carbocycles. The molecule has 1 amide bonds. The lowest BCUT2D eigenvalue weighted by Crippen LogP contribution is -2.49. The minimum atomic E-state index is -0.728. The summed E-state index contributed by atoms with van der Waals surface area (Å²) in [6.45, 7) is 0. The van der Waals surface area contributed by atoms with E-state index < -0.39 is 5.54 Å². The molecule has 0 radical (unpaired) electrons. The summed E-state index contributed by atoms with van der Waals surface area (Å²) in [4.78, 5) is 12.2. The summed E-state index contributed by atoms with van der Waals surface area (Å²) in [6.07, 6.45) is 4.44. The third-order valence-corrected chi connectivity index (χ3v) is 6.12. The molecule has 0 aliphatic heterocycles. The molecule has 1 aliphatic rings.